The molecule has 0 spiro atoms. The molecule has 1 amide bonds. The highest BCUT2D eigenvalue weighted by Gasteiger charge is 2.19. The maximum Gasteiger partial charge on any atom is 0.241 e. The van der Waals surface area contributed by atoms with Crippen molar-refractivity contribution < 1.29 is 13.9 Å². The number of benzene rings is 2. The molecule has 0 radical (unpaired) electrons. The number of ether oxygens (including phenoxy) is 1. The number of rotatable bonds is 6. The van der Waals surface area contributed by atoms with Crippen LogP contribution in [0.25, 0.3) is 0 Å². The van der Waals surface area contributed by atoms with Crippen LogP contribution in [0, 0.1) is 5.82 Å². The Balaban J connectivity index is 2.02. The van der Waals surface area contributed by atoms with Gasteiger partial charge in [0.05, 0.1) is 18.8 Å². The molecule has 4 nitrogen and oxygen atoms in total. The van der Waals surface area contributed by atoms with Gasteiger partial charge in [0.2, 0.25) is 5.91 Å². The zero-order chi connectivity index (χ0) is 16.8. The molecule has 0 aliphatic rings. The second-order valence-electron chi connectivity index (χ2n) is 5.32. The first-order valence-electron chi connectivity index (χ1n) is 7.47. The van der Waals surface area contributed by atoms with Crippen molar-refractivity contribution >= 4 is 11.6 Å². The molecule has 2 unspecified atom stereocenters. The van der Waals surface area contributed by atoms with Crippen LogP contribution in [-0.2, 0) is 4.79 Å². The van der Waals surface area contributed by atoms with Gasteiger partial charge in [-0.3, -0.25) is 10.1 Å². The quantitative estimate of drug-likeness (QED) is 0.857. The summed E-state index contributed by atoms with van der Waals surface area (Å²) in [6.07, 6.45) is 0. The minimum atomic E-state index is -0.491. The fourth-order valence-electron chi connectivity index (χ4n) is 2.37. The predicted octanol–water partition coefficient (Wildman–Crippen LogP) is 3.51. The van der Waals surface area contributed by atoms with Crippen molar-refractivity contribution in [1.29, 1.82) is 0 Å². The van der Waals surface area contributed by atoms with E-state index in [1.54, 1.807) is 26.2 Å². The monoisotopic (exact) mass is 316 g/mol. The second kappa shape index (κ2) is 7.74. The van der Waals surface area contributed by atoms with Crippen molar-refractivity contribution in [1.82, 2.24) is 5.32 Å². The Morgan fingerprint density at radius 1 is 1.09 bits per heavy atom. The molecule has 2 aromatic carbocycles. The van der Waals surface area contributed by atoms with E-state index < -0.39 is 11.9 Å². The molecule has 0 aromatic heterocycles. The Bertz CT molecular complexity index is 676. The number of nitrogens with one attached hydrogen (secondary N) is 2. The molecule has 122 valence electrons. The third-order valence-electron chi connectivity index (χ3n) is 3.63. The van der Waals surface area contributed by atoms with Gasteiger partial charge in [0.1, 0.15) is 11.6 Å². The molecule has 0 saturated carbocycles. The van der Waals surface area contributed by atoms with E-state index in [0.29, 0.717) is 0 Å². The first kappa shape index (κ1) is 17.0. The normalized spacial score (nSPS) is 13.2. The van der Waals surface area contributed by atoms with Gasteiger partial charge in [-0.15, -0.1) is 0 Å². The van der Waals surface area contributed by atoms with Gasteiger partial charge in [-0.1, -0.05) is 30.3 Å². The van der Waals surface area contributed by atoms with E-state index in [2.05, 4.69) is 10.6 Å². The maximum absolute atomic E-state index is 13.6. The minimum absolute atomic E-state index is 0.0903. The third-order valence-corrected chi connectivity index (χ3v) is 3.63. The number of halogens is 1. The van der Waals surface area contributed by atoms with Crippen molar-refractivity contribution in [2.75, 3.05) is 12.4 Å². The van der Waals surface area contributed by atoms with Gasteiger partial charge in [-0.05, 0) is 32.0 Å². The number of hydrogen-bond acceptors (Lipinski definition) is 3. The summed E-state index contributed by atoms with van der Waals surface area (Å²) in [6, 6.07) is 13.1. The molecule has 5 heteroatoms. The number of amides is 1. The zero-order valence-electron chi connectivity index (χ0n) is 13.5. The molecule has 2 N–H and O–H groups in total. The van der Waals surface area contributed by atoms with Crippen LogP contribution in [0.2, 0.25) is 0 Å². The molecular formula is C18H21FN2O2. The van der Waals surface area contributed by atoms with E-state index >= 15 is 0 Å². The maximum atomic E-state index is 13.6. The number of anilines is 1. The van der Waals surface area contributed by atoms with Gasteiger partial charge < -0.3 is 10.1 Å². The Morgan fingerprint density at radius 2 is 1.74 bits per heavy atom. The molecule has 0 saturated heterocycles. The van der Waals surface area contributed by atoms with Crippen molar-refractivity contribution in [2.24, 2.45) is 0 Å². The lowest BCUT2D eigenvalue weighted by atomic mass is 10.1. The second-order valence-corrected chi connectivity index (χ2v) is 5.32. The highest BCUT2D eigenvalue weighted by molar-refractivity contribution is 5.94. The first-order chi connectivity index (χ1) is 11.0. The molecule has 0 heterocycles. The number of carbonyl (C=O) groups excluding carboxylic acids is 1. The average molecular weight is 316 g/mol. The summed E-state index contributed by atoms with van der Waals surface area (Å²) in [7, 11) is 1.61. The zero-order valence-corrected chi connectivity index (χ0v) is 13.5. The lowest BCUT2D eigenvalue weighted by Gasteiger charge is -2.21. The van der Waals surface area contributed by atoms with Crippen molar-refractivity contribution in [2.45, 2.75) is 25.9 Å². The number of para-hydroxylation sites is 2. The molecule has 23 heavy (non-hydrogen) atoms. The van der Waals surface area contributed by atoms with E-state index in [4.69, 9.17) is 4.74 Å². The van der Waals surface area contributed by atoms with E-state index in [-0.39, 0.29) is 17.6 Å². The van der Waals surface area contributed by atoms with E-state index in [9.17, 15) is 9.18 Å². The van der Waals surface area contributed by atoms with Crippen LogP contribution in [-0.4, -0.2) is 19.1 Å². The van der Waals surface area contributed by atoms with Crippen molar-refractivity contribution in [3.8, 4) is 5.75 Å². The topological polar surface area (TPSA) is 50.4 Å². The minimum Gasteiger partial charge on any atom is -0.496 e. The van der Waals surface area contributed by atoms with Crippen LogP contribution in [0.15, 0.2) is 48.5 Å². The fourth-order valence-corrected chi connectivity index (χ4v) is 2.37. The Labute approximate surface area is 135 Å². The van der Waals surface area contributed by atoms with Crippen LogP contribution >= 0.6 is 0 Å². The van der Waals surface area contributed by atoms with Crippen LogP contribution in [0.3, 0.4) is 0 Å². The van der Waals surface area contributed by atoms with Gasteiger partial charge in [-0.2, -0.15) is 0 Å². The number of carbonyl (C=O) groups is 1. The average Bonchev–Trinajstić information content (AvgIpc) is 2.56. The van der Waals surface area contributed by atoms with Gasteiger partial charge in [-0.25, -0.2) is 4.39 Å². The van der Waals surface area contributed by atoms with Gasteiger partial charge in [0, 0.05) is 11.6 Å². The first-order valence-corrected chi connectivity index (χ1v) is 7.47. The summed E-state index contributed by atoms with van der Waals surface area (Å²) >= 11 is 0. The van der Waals surface area contributed by atoms with Crippen LogP contribution in [0.4, 0.5) is 10.1 Å². The molecule has 0 aliphatic carbocycles. The summed E-state index contributed by atoms with van der Waals surface area (Å²) in [5.41, 5.74) is 1.14. The van der Waals surface area contributed by atoms with Crippen molar-refractivity contribution in [3.05, 3.63) is 59.9 Å². The van der Waals surface area contributed by atoms with Gasteiger partial charge in [0.25, 0.3) is 0 Å². The lowest BCUT2D eigenvalue weighted by molar-refractivity contribution is -0.118. The molecule has 2 rings (SSSR count). The van der Waals surface area contributed by atoms with E-state index in [0.717, 1.165) is 11.3 Å². The van der Waals surface area contributed by atoms with Crippen LogP contribution in [0.1, 0.15) is 25.5 Å². The largest absolute Gasteiger partial charge is 0.496 e. The Hall–Kier alpha value is -2.40. The van der Waals surface area contributed by atoms with Gasteiger partial charge in [0.15, 0.2) is 0 Å². The molecular weight excluding hydrogens is 295 g/mol. The molecule has 0 bridgehead atoms. The van der Waals surface area contributed by atoms with Crippen molar-refractivity contribution in [3.63, 3.8) is 0 Å². The molecule has 2 atom stereocenters. The fraction of sp³-hybridized carbons (Fsp3) is 0.278. The van der Waals surface area contributed by atoms with E-state index in [1.807, 2.05) is 31.2 Å². The summed E-state index contributed by atoms with van der Waals surface area (Å²) < 4.78 is 18.9. The highest BCUT2D eigenvalue weighted by atomic mass is 19.1. The summed E-state index contributed by atoms with van der Waals surface area (Å²) in [4.78, 5) is 12.2. The SMILES string of the molecule is COc1ccccc1C(C)NC(C)C(=O)Nc1ccccc1F. The standard InChI is InChI=1S/C18H21FN2O2/c1-12(14-8-4-7-11-17(14)23-3)20-13(2)18(22)21-16-10-6-5-9-15(16)19/h4-13,20H,1-3H3,(H,21,22). The highest BCUT2D eigenvalue weighted by Crippen LogP contribution is 2.24. The summed E-state index contributed by atoms with van der Waals surface area (Å²) in [5.74, 6) is 0.0110. The molecule has 2 aromatic rings. The number of methoxy groups -OCH3 is 1. The number of hydrogen-bond donors (Lipinski definition) is 2. The van der Waals surface area contributed by atoms with Gasteiger partial charge >= 0.3 is 0 Å². The smallest absolute Gasteiger partial charge is 0.241 e. The Morgan fingerprint density at radius 3 is 2.43 bits per heavy atom. The van der Waals surface area contributed by atoms with Crippen LogP contribution in [0.5, 0.6) is 5.75 Å². The predicted molar refractivity (Wildman–Crippen MR) is 89.0 cm³/mol. The summed E-state index contributed by atoms with van der Waals surface area (Å²) in [6.45, 7) is 3.69. The molecule has 0 aliphatic heterocycles. The third kappa shape index (κ3) is 4.29. The lowest BCUT2D eigenvalue weighted by Crippen LogP contribution is -2.39. The van der Waals surface area contributed by atoms with E-state index in [1.165, 1.54) is 12.1 Å². The Kier molecular flexibility index (Phi) is 5.71. The summed E-state index contributed by atoms with van der Waals surface area (Å²) in [5, 5.41) is 5.78. The van der Waals surface area contributed by atoms with Crippen LogP contribution < -0.4 is 15.4 Å². The molecule has 0 fully saturated rings.